The maximum absolute atomic E-state index is 11.3. The van der Waals surface area contributed by atoms with Gasteiger partial charge in [-0.1, -0.05) is 24.3 Å². The highest BCUT2D eigenvalue weighted by Gasteiger charge is 2.12. The van der Waals surface area contributed by atoms with Crippen molar-refractivity contribution in [1.29, 1.82) is 0 Å². The molecule has 0 bridgehead atoms. The van der Waals surface area contributed by atoms with E-state index in [1.54, 1.807) is 0 Å². The molecule has 0 aliphatic heterocycles. The SMILES string of the molecule is Cc1ccccc1CCNC(=O)NC(C)C(=O)O. The molecule has 0 heterocycles. The average Bonchev–Trinajstić information content (AvgIpc) is 2.31. The standard InChI is InChI=1S/C13H18N2O3/c1-9-5-3-4-6-11(9)7-8-14-13(18)15-10(2)12(16)17/h3-6,10H,7-8H2,1-2H3,(H,16,17)(H2,14,15,18). The van der Waals surface area contributed by atoms with Crippen LogP contribution < -0.4 is 10.6 Å². The minimum atomic E-state index is -1.05. The second-order valence-electron chi connectivity index (χ2n) is 4.14. The van der Waals surface area contributed by atoms with Gasteiger partial charge in [-0.25, -0.2) is 4.79 Å². The average molecular weight is 250 g/mol. The van der Waals surface area contributed by atoms with Crippen LogP contribution >= 0.6 is 0 Å². The van der Waals surface area contributed by atoms with Crippen LogP contribution in [-0.2, 0) is 11.2 Å². The summed E-state index contributed by atoms with van der Waals surface area (Å²) >= 11 is 0. The van der Waals surface area contributed by atoms with Crippen LogP contribution in [0.2, 0.25) is 0 Å². The predicted octanol–water partition coefficient (Wildman–Crippen LogP) is 1.31. The molecule has 0 aliphatic carbocycles. The summed E-state index contributed by atoms with van der Waals surface area (Å²) < 4.78 is 0. The number of benzene rings is 1. The molecule has 1 rings (SSSR count). The predicted molar refractivity (Wildman–Crippen MR) is 68.5 cm³/mol. The first kappa shape index (κ1) is 14.0. The van der Waals surface area contributed by atoms with Crippen molar-refractivity contribution in [1.82, 2.24) is 10.6 Å². The molecule has 5 nitrogen and oxygen atoms in total. The molecular formula is C13H18N2O3. The maximum atomic E-state index is 11.3. The number of carbonyl (C=O) groups excluding carboxylic acids is 1. The zero-order chi connectivity index (χ0) is 13.5. The Kier molecular flexibility index (Phi) is 5.17. The van der Waals surface area contributed by atoms with Gasteiger partial charge in [-0.3, -0.25) is 4.79 Å². The number of hydrogen-bond donors (Lipinski definition) is 3. The van der Waals surface area contributed by atoms with Crippen LogP contribution in [0.15, 0.2) is 24.3 Å². The highest BCUT2D eigenvalue weighted by molar-refractivity contribution is 5.82. The summed E-state index contributed by atoms with van der Waals surface area (Å²) in [4.78, 5) is 21.9. The molecule has 0 saturated heterocycles. The van der Waals surface area contributed by atoms with Crippen molar-refractivity contribution >= 4 is 12.0 Å². The van der Waals surface area contributed by atoms with E-state index >= 15 is 0 Å². The van der Waals surface area contributed by atoms with Crippen LogP contribution in [-0.4, -0.2) is 29.7 Å². The van der Waals surface area contributed by atoms with E-state index in [4.69, 9.17) is 5.11 Å². The van der Waals surface area contributed by atoms with E-state index in [0.29, 0.717) is 6.54 Å². The van der Waals surface area contributed by atoms with Gasteiger partial charge in [0, 0.05) is 6.54 Å². The molecule has 1 atom stereocenters. The van der Waals surface area contributed by atoms with Crippen LogP contribution in [0.25, 0.3) is 0 Å². The van der Waals surface area contributed by atoms with Gasteiger partial charge in [0.2, 0.25) is 0 Å². The molecule has 1 aromatic carbocycles. The van der Waals surface area contributed by atoms with Crippen molar-refractivity contribution in [3.63, 3.8) is 0 Å². The lowest BCUT2D eigenvalue weighted by atomic mass is 10.1. The molecule has 0 aliphatic rings. The molecule has 1 unspecified atom stereocenters. The molecule has 98 valence electrons. The quantitative estimate of drug-likeness (QED) is 0.737. The lowest BCUT2D eigenvalue weighted by Crippen LogP contribution is -2.44. The molecular weight excluding hydrogens is 232 g/mol. The van der Waals surface area contributed by atoms with Crippen LogP contribution in [0.4, 0.5) is 4.79 Å². The van der Waals surface area contributed by atoms with E-state index in [2.05, 4.69) is 10.6 Å². The van der Waals surface area contributed by atoms with Crippen molar-refractivity contribution < 1.29 is 14.7 Å². The van der Waals surface area contributed by atoms with E-state index in [1.165, 1.54) is 18.1 Å². The number of nitrogens with one attached hydrogen (secondary N) is 2. The van der Waals surface area contributed by atoms with Gasteiger partial charge in [0.1, 0.15) is 6.04 Å². The second-order valence-corrected chi connectivity index (χ2v) is 4.14. The van der Waals surface area contributed by atoms with Crippen molar-refractivity contribution in [2.24, 2.45) is 0 Å². The van der Waals surface area contributed by atoms with E-state index in [9.17, 15) is 9.59 Å². The molecule has 2 amide bonds. The lowest BCUT2D eigenvalue weighted by Gasteiger charge is -2.11. The van der Waals surface area contributed by atoms with E-state index in [0.717, 1.165) is 6.42 Å². The number of rotatable bonds is 5. The second kappa shape index (κ2) is 6.64. The van der Waals surface area contributed by atoms with Gasteiger partial charge >= 0.3 is 12.0 Å². The highest BCUT2D eigenvalue weighted by Crippen LogP contribution is 2.06. The molecule has 0 radical (unpaired) electrons. The molecule has 0 saturated carbocycles. The van der Waals surface area contributed by atoms with Crippen LogP contribution in [0.5, 0.6) is 0 Å². The lowest BCUT2D eigenvalue weighted by molar-refractivity contribution is -0.138. The summed E-state index contributed by atoms with van der Waals surface area (Å²) in [6.45, 7) is 3.91. The Bertz CT molecular complexity index is 432. The Balaban J connectivity index is 2.32. The monoisotopic (exact) mass is 250 g/mol. The van der Waals surface area contributed by atoms with Gasteiger partial charge in [-0.2, -0.15) is 0 Å². The summed E-state index contributed by atoms with van der Waals surface area (Å²) in [5.74, 6) is -1.05. The zero-order valence-corrected chi connectivity index (χ0v) is 10.6. The molecule has 0 aromatic heterocycles. The molecule has 0 spiro atoms. The van der Waals surface area contributed by atoms with E-state index < -0.39 is 18.0 Å². The summed E-state index contributed by atoms with van der Waals surface area (Å²) in [6, 6.07) is 6.60. The minimum Gasteiger partial charge on any atom is -0.480 e. The van der Waals surface area contributed by atoms with Crippen LogP contribution in [0.1, 0.15) is 18.1 Å². The fourth-order valence-corrected chi connectivity index (χ4v) is 1.51. The Labute approximate surface area is 106 Å². The third-order valence-corrected chi connectivity index (χ3v) is 2.66. The third-order valence-electron chi connectivity index (χ3n) is 2.66. The van der Waals surface area contributed by atoms with Crippen molar-refractivity contribution in [2.45, 2.75) is 26.3 Å². The van der Waals surface area contributed by atoms with Gasteiger partial charge in [0.05, 0.1) is 0 Å². The number of carboxylic acids is 1. The first-order valence-electron chi connectivity index (χ1n) is 5.82. The third kappa shape index (κ3) is 4.45. The Morgan fingerprint density at radius 3 is 2.61 bits per heavy atom. The number of urea groups is 1. The summed E-state index contributed by atoms with van der Waals surface area (Å²) in [7, 11) is 0. The van der Waals surface area contributed by atoms with Gasteiger partial charge in [0.25, 0.3) is 0 Å². The molecule has 3 N–H and O–H groups in total. The van der Waals surface area contributed by atoms with Gasteiger partial charge in [-0.05, 0) is 31.4 Å². The molecule has 0 fully saturated rings. The maximum Gasteiger partial charge on any atom is 0.325 e. The largest absolute Gasteiger partial charge is 0.480 e. The number of aliphatic carboxylic acids is 1. The van der Waals surface area contributed by atoms with E-state index in [-0.39, 0.29) is 0 Å². The molecule has 5 heteroatoms. The number of hydrogen-bond acceptors (Lipinski definition) is 2. The van der Waals surface area contributed by atoms with Crippen molar-refractivity contribution in [3.05, 3.63) is 35.4 Å². The Morgan fingerprint density at radius 2 is 2.00 bits per heavy atom. The smallest absolute Gasteiger partial charge is 0.325 e. The number of carbonyl (C=O) groups is 2. The zero-order valence-electron chi connectivity index (χ0n) is 10.6. The number of aryl methyl sites for hydroxylation is 1. The molecule has 1 aromatic rings. The van der Waals surface area contributed by atoms with E-state index in [1.807, 2.05) is 31.2 Å². The summed E-state index contributed by atoms with van der Waals surface area (Å²) in [5, 5.41) is 13.6. The summed E-state index contributed by atoms with van der Waals surface area (Å²) in [6.07, 6.45) is 0.724. The Hall–Kier alpha value is -2.04. The fraction of sp³-hybridized carbons (Fsp3) is 0.385. The normalized spacial score (nSPS) is 11.7. The van der Waals surface area contributed by atoms with Gasteiger partial charge in [0.15, 0.2) is 0 Å². The van der Waals surface area contributed by atoms with Gasteiger partial charge in [-0.15, -0.1) is 0 Å². The fourth-order valence-electron chi connectivity index (χ4n) is 1.51. The van der Waals surface area contributed by atoms with Gasteiger partial charge < -0.3 is 15.7 Å². The topological polar surface area (TPSA) is 78.4 Å². The number of amides is 2. The van der Waals surface area contributed by atoms with Crippen LogP contribution in [0, 0.1) is 6.92 Å². The number of carboxylic acid groups (broad SMARTS) is 1. The Morgan fingerprint density at radius 1 is 1.33 bits per heavy atom. The minimum absolute atomic E-state index is 0.460. The highest BCUT2D eigenvalue weighted by atomic mass is 16.4. The van der Waals surface area contributed by atoms with Crippen molar-refractivity contribution in [2.75, 3.05) is 6.54 Å². The summed E-state index contributed by atoms with van der Waals surface area (Å²) in [5.41, 5.74) is 2.35. The first-order chi connectivity index (χ1) is 8.50. The van der Waals surface area contributed by atoms with Crippen LogP contribution in [0.3, 0.4) is 0 Å². The van der Waals surface area contributed by atoms with Crippen molar-refractivity contribution in [3.8, 4) is 0 Å². The first-order valence-corrected chi connectivity index (χ1v) is 5.82. The molecule has 18 heavy (non-hydrogen) atoms.